The van der Waals surface area contributed by atoms with Crippen LogP contribution in [0.5, 0.6) is 0 Å². The number of benzene rings is 1. The number of carboxylic acid groups (broad SMARTS) is 1. The fourth-order valence-electron chi connectivity index (χ4n) is 4.43. The van der Waals surface area contributed by atoms with Crippen molar-refractivity contribution in [3.8, 4) is 6.07 Å². The molecule has 1 amide bonds. The van der Waals surface area contributed by atoms with Crippen LogP contribution in [-0.2, 0) is 20.9 Å². The molecule has 0 bridgehead atoms. The van der Waals surface area contributed by atoms with E-state index in [-0.39, 0.29) is 29.5 Å². The van der Waals surface area contributed by atoms with Crippen LogP contribution in [0.1, 0.15) is 30.4 Å². The zero-order valence-corrected chi connectivity index (χ0v) is 17.1. The fraction of sp³-hybridized carbons (Fsp3) is 0.571. The first-order valence-corrected chi connectivity index (χ1v) is 10.2. The Morgan fingerprint density at radius 2 is 1.91 bits per heavy atom. The standard InChI is InChI=1S/C19H22FN3O2.C2HF3O2/c20-16-4-3-13(9-14(16)10-21)11-23-12-15(18-17(23)5-8-25-18)19(24)22-6-1-2-7-22;3-2(4,5)1(6)7/h3-4,9,15,17-18H,1-2,5-8,11-12H2;(H,6,7)/t15-,17+,18+;/m0./s1. The smallest absolute Gasteiger partial charge is 0.475 e. The maximum atomic E-state index is 13.5. The Morgan fingerprint density at radius 1 is 1.25 bits per heavy atom. The number of ether oxygens (including phenoxy) is 1. The quantitative estimate of drug-likeness (QED) is 0.702. The van der Waals surface area contributed by atoms with Gasteiger partial charge in [-0.1, -0.05) is 6.07 Å². The Kier molecular flexibility index (Phi) is 7.36. The molecule has 7 nitrogen and oxygen atoms in total. The van der Waals surface area contributed by atoms with Crippen molar-refractivity contribution < 1.29 is 37.0 Å². The van der Waals surface area contributed by atoms with Gasteiger partial charge in [-0.25, -0.2) is 9.18 Å². The number of alkyl halides is 3. The van der Waals surface area contributed by atoms with Crippen molar-refractivity contribution in [1.29, 1.82) is 5.26 Å². The number of likely N-dealkylation sites (tertiary alicyclic amines) is 2. The second kappa shape index (κ2) is 9.83. The van der Waals surface area contributed by atoms with E-state index in [1.54, 1.807) is 12.1 Å². The van der Waals surface area contributed by atoms with Gasteiger partial charge in [0, 0.05) is 38.8 Å². The Hall–Kier alpha value is -2.71. The minimum Gasteiger partial charge on any atom is -0.475 e. The summed E-state index contributed by atoms with van der Waals surface area (Å²) in [6.45, 7) is 3.68. The van der Waals surface area contributed by atoms with Gasteiger partial charge in [-0.05, 0) is 37.0 Å². The molecular weight excluding hydrogens is 434 g/mol. The number of rotatable bonds is 3. The minimum absolute atomic E-state index is 0.0380. The number of fused-ring (bicyclic) bond motifs is 1. The van der Waals surface area contributed by atoms with Crippen molar-refractivity contribution in [1.82, 2.24) is 9.80 Å². The number of amides is 1. The van der Waals surface area contributed by atoms with Crippen molar-refractivity contribution in [2.45, 2.75) is 44.1 Å². The molecule has 32 heavy (non-hydrogen) atoms. The monoisotopic (exact) mass is 457 g/mol. The number of carbonyl (C=O) groups is 2. The molecule has 1 aromatic rings. The lowest BCUT2D eigenvalue weighted by atomic mass is 10.0. The summed E-state index contributed by atoms with van der Waals surface area (Å²) in [7, 11) is 0. The summed E-state index contributed by atoms with van der Waals surface area (Å²) in [5, 5.41) is 16.1. The molecule has 11 heteroatoms. The van der Waals surface area contributed by atoms with Gasteiger partial charge in [0.1, 0.15) is 11.9 Å². The molecule has 3 atom stereocenters. The van der Waals surface area contributed by atoms with Crippen LogP contribution in [0, 0.1) is 23.1 Å². The molecule has 3 aliphatic heterocycles. The molecule has 3 heterocycles. The molecule has 0 aliphatic carbocycles. The van der Waals surface area contributed by atoms with Gasteiger partial charge in [0.25, 0.3) is 0 Å². The van der Waals surface area contributed by atoms with Crippen LogP contribution < -0.4 is 0 Å². The van der Waals surface area contributed by atoms with Crippen molar-refractivity contribution in [2.24, 2.45) is 5.92 Å². The first kappa shape index (κ1) is 23.9. The second-order valence-corrected chi connectivity index (χ2v) is 7.99. The average molecular weight is 457 g/mol. The zero-order chi connectivity index (χ0) is 23.5. The highest BCUT2D eigenvalue weighted by molar-refractivity contribution is 5.80. The summed E-state index contributed by atoms with van der Waals surface area (Å²) < 4.78 is 51.2. The maximum Gasteiger partial charge on any atom is 0.490 e. The summed E-state index contributed by atoms with van der Waals surface area (Å²) in [5.74, 6) is -3.14. The van der Waals surface area contributed by atoms with Crippen molar-refractivity contribution in [2.75, 3.05) is 26.2 Å². The van der Waals surface area contributed by atoms with Gasteiger partial charge in [-0.15, -0.1) is 0 Å². The molecule has 3 aliphatic rings. The van der Waals surface area contributed by atoms with Crippen LogP contribution in [0.3, 0.4) is 0 Å². The molecule has 4 rings (SSSR count). The first-order chi connectivity index (χ1) is 15.1. The maximum absolute atomic E-state index is 13.5. The van der Waals surface area contributed by atoms with Gasteiger partial charge in [0.15, 0.2) is 0 Å². The summed E-state index contributed by atoms with van der Waals surface area (Å²) in [4.78, 5) is 26.0. The van der Waals surface area contributed by atoms with E-state index < -0.39 is 18.0 Å². The van der Waals surface area contributed by atoms with Crippen molar-refractivity contribution in [3.05, 3.63) is 35.1 Å². The number of aliphatic carboxylic acids is 1. The van der Waals surface area contributed by atoms with Crippen LogP contribution in [0.15, 0.2) is 18.2 Å². The molecule has 174 valence electrons. The van der Waals surface area contributed by atoms with Gasteiger partial charge < -0.3 is 14.7 Å². The highest BCUT2D eigenvalue weighted by Crippen LogP contribution is 2.36. The van der Waals surface area contributed by atoms with E-state index in [4.69, 9.17) is 19.9 Å². The molecule has 0 unspecified atom stereocenters. The molecule has 0 saturated carbocycles. The minimum atomic E-state index is -5.08. The lowest BCUT2D eigenvalue weighted by Crippen LogP contribution is -2.39. The molecule has 0 radical (unpaired) electrons. The van der Waals surface area contributed by atoms with Crippen LogP contribution in [-0.4, -0.2) is 71.3 Å². The van der Waals surface area contributed by atoms with E-state index in [1.807, 2.05) is 11.0 Å². The Balaban J connectivity index is 0.000000360. The number of halogens is 4. The van der Waals surface area contributed by atoms with Crippen molar-refractivity contribution in [3.63, 3.8) is 0 Å². The molecule has 3 saturated heterocycles. The van der Waals surface area contributed by atoms with Gasteiger partial charge in [-0.2, -0.15) is 18.4 Å². The van der Waals surface area contributed by atoms with E-state index in [2.05, 4.69) is 4.90 Å². The lowest BCUT2D eigenvalue weighted by molar-refractivity contribution is -0.192. The summed E-state index contributed by atoms with van der Waals surface area (Å²) in [6.07, 6.45) is -2.03. The van der Waals surface area contributed by atoms with E-state index in [9.17, 15) is 22.4 Å². The van der Waals surface area contributed by atoms with Crippen LogP contribution >= 0.6 is 0 Å². The van der Waals surface area contributed by atoms with Gasteiger partial charge in [-0.3, -0.25) is 9.69 Å². The molecule has 1 N–H and O–H groups in total. The fourth-order valence-corrected chi connectivity index (χ4v) is 4.43. The number of hydrogen-bond donors (Lipinski definition) is 1. The number of hydrogen-bond acceptors (Lipinski definition) is 5. The second-order valence-electron chi connectivity index (χ2n) is 7.99. The Morgan fingerprint density at radius 3 is 2.50 bits per heavy atom. The van der Waals surface area contributed by atoms with Gasteiger partial charge in [0.05, 0.1) is 17.6 Å². The van der Waals surface area contributed by atoms with Gasteiger partial charge >= 0.3 is 12.1 Å². The predicted molar refractivity (Wildman–Crippen MR) is 103 cm³/mol. The van der Waals surface area contributed by atoms with Crippen LogP contribution in [0.2, 0.25) is 0 Å². The van der Waals surface area contributed by atoms with E-state index in [0.29, 0.717) is 19.7 Å². The Labute approximate surface area is 182 Å². The Bertz CT molecular complexity index is 896. The molecule has 0 aromatic heterocycles. The number of carboxylic acids is 1. The third-order valence-corrected chi connectivity index (χ3v) is 5.91. The van der Waals surface area contributed by atoms with E-state index >= 15 is 0 Å². The number of nitriles is 1. The molecule has 0 spiro atoms. The summed E-state index contributed by atoms with van der Waals surface area (Å²) >= 11 is 0. The van der Waals surface area contributed by atoms with Crippen LogP contribution in [0.4, 0.5) is 17.6 Å². The molecule has 1 aromatic carbocycles. The van der Waals surface area contributed by atoms with Crippen molar-refractivity contribution >= 4 is 11.9 Å². The topological polar surface area (TPSA) is 93.9 Å². The first-order valence-electron chi connectivity index (χ1n) is 10.2. The summed E-state index contributed by atoms with van der Waals surface area (Å²) in [5.41, 5.74) is 0.971. The number of carbonyl (C=O) groups excluding carboxylic acids is 1. The molecule has 3 fully saturated rings. The largest absolute Gasteiger partial charge is 0.490 e. The lowest BCUT2D eigenvalue weighted by Gasteiger charge is -2.23. The summed E-state index contributed by atoms with van der Waals surface area (Å²) in [6, 6.07) is 6.79. The average Bonchev–Trinajstić information content (AvgIpc) is 3.48. The third-order valence-electron chi connectivity index (χ3n) is 5.91. The normalized spacial score (nSPS) is 25.1. The van der Waals surface area contributed by atoms with Gasteiger partial charge in [0.2, 0.25) is 5.91 Å². The highest BCUT2D eigenvalue weighted by atomic mass is 19.4. The van der Waals surface area contributed by atoms with E-state index in [1.165, 1.54) is 6.07 Å². The third kappa shape index (κ3) is 5.37. The highest BCUT2D eigenvalue weighted by Gasteiger charge is 2.49. The van der Waals surface area contributed by atoms with Crippen LogP contribution in [0.25, 0.3) is 0 Å². The molecular formula is C21H23F4N3O4. The SMILES string of the molecule is N#Cc1cc(CN2C[C@H](C(=O)N3CCCC3)[C@H]3OCC[C@H]32)ccc1F.O=C(O)C(F)(F)F. The zero-order valence-electron chi connectivity index (χ0n) is 17.1. The predicted octanol–water partition coefficient (Wildman–Crippen LogP) is 2.54. The number of nitrogens with zero attached hydrogens (tertiary/aromatic N) is 3. The van der Waals surface area contributed by atoms with E-state index in [0.717, 1.165) is 37.9 Å².